The average molecular weight is 343 g/mol. The van der Waals surface area contributed by atoms with Gasteiger partial charge in [0.05, 0.1) is 0 Å². The van der Waals surface area contributed by atoms with Crippen molar-refractivity contribution in [2.45, 2.75) is 57.2 Å². The third-order valence-corrected chi connectivity index (χ3v) is 6.64. The van der Waals surface area contributed by atoms with E-state index in [4.69, 9.17) is 4.74 Å². The van der Waals surface area contributed by atoms with Crippen LogP contribution in [0.25, 0.3) is 0 Å². The zero-order valence-corrected chi connectivity index (χ0v) is 15.0. The monoisotopic (exact) mass is 343 g/mol. The molecule has 0 amide bonds. The summed E-state index contributed by atoms with van der Waals surface area (Å²) in [6.07, 6.45) is 6.11. The predicted molar refractivity (Wildman–Crippen MR) is 96.0 cm³/mol. The number of hydrogen-bond acceptors (Lipinski definition) is 4. The van der Waals surface area contributed by atoms with Crippen molar-refractivity contribution < 1.29 is 14.6 Å². The number of aryl methyl sites for hydroxylation is 1. The molecule has 4 heteroatoms. The first-order chi connectivity index (χ1) is 12.1. The standard InChI is InChI=1S/C21H29NO3/c1-14-6-10-18(11-7-14)21(24,17-4-2-3-5-17)20(23)25-19-15-8-9-16(19)13-22-12-15/h6-7,10-11,15-17,19,22,24H,2-5,8-9,12-13H2,1H3. The Hall–Kier alpha value is -1.39. The fraction of sp³-hybridized carbons (Fsp3) is 0.667. The van der Waals surface area contributed by atoms with Gasteiger partial charge in [-0.05, 0) is 38.2 Å². The van der Waals surface area contributed by atoms with Gasteiger partial charge in [0.2, 0.25) is 0 Å². The number of aliphatic hydroxyl groups is 1. The summed E-state index contributed by atoms with van der Waals surface area (Å²) in [5, 5.41) is 15.0. The van der Waals surface area contributed by atoms with Gasteiger partial charge in [-0.2, -0.15) is 0 Å². The number of carbonyl (C=O) groups is 1. The summed E-state index contributed by atoms with van der Waals surface area (Å²) in [4.78, 5) is 13.2. The molecule has 3 unspecified atom stereocenters. The molecule has 0 aromatic heterocycles. The summed E-state index contributed by atoms with van der Waals surface area (Å²) in [7, 11) is 0. The van der Waals surface area contributed by atoms with Gasteiger partial charge in [-0.3, -0.25) is 0 Å². The van der Waals surface area contributed by atoms with Crippen molar-refractivity contribution in [1.82, 2.24) is 5.32 Å². The Bertz CT molecular complexity index is 607. The molecule has 3 atom stereocenters. The van der Waals surface area contributed by atoms with Crippen molar-refractivity contribution in [3.05, 3.63) is 35.4 Å². The lowest BCUT2D eigenvalue weighted by Crippen LogP contribution is -2.49. The van der Waals surface area contributed by atoms with Crippen LogP contribution in [0.1, 0.15) is 49.7 Å². The van der Waals surface area contributed by atoms with Gasteiger partial charge in [0, 0.05) is 30.8 Å². The van der Waals surface area contributed by atoms with Gasteiger partial charge in [-0.25, -0.2) is 4.79 Å². The molecule has 3 aliphatic rings. The number of nitrogens with one attached hydrogen (secondary N) is 1. The van der Waals surface area contributed by atoms with E-state index >= 15 is 0 Å². The van der Waals surface area contributed by atoms with Crippen molar-refractivity contribution in [3.63, 3.8) is 0 Å². The van der Waals surface area contributed by atoms with Crippen LogP contribution in [0.4, 0.5) is 0 Å². The van der Waals surface area contributed by atoms with Gasteiger partial charge in [0.15, 0.2) is 5.60 Å². The number of esters is 1. The van der Waals surface area contributed by atoms with E-state index in [9.17, 15) is 9.90 Å². The molecule has 2 bridgehead atoms. The number of fused-ring (bicyclic) bond motifs is 2. The van der Waals surface area contributed by atoms with Crippen LogP contribution in [0.5, 0.6) is 0 Å². The minimum Gasteiger partial charge on any atom is -0.459 e. The molecular formula is C21H29NO3. The predicted octanol–water partition coefficient (Wildman–Crippen LogP) is 2.91. The van der Waals surface area contributed by atoms with Crippen LogP contribution in [-0.2, 0) is 15.1 Å². The molecule has 2 saturated carbocycles. The maximum absolute atomic E-state index is 13.2. The highest BCUT2D eigenvalue weighted by atomic mass is 16.6. The largest absolute Gasteiger partial charge is 0.459 e. The van der Waals surface area contributed by atoms with Gasteiger partial charge < -0.3 is 15.2 Å². The second kappa shape index (κ2) is 6.73. The summed E-state index contributed by atoms with van der Waals surface area (Å²) >= 11 is 0. The Balaban J connectivity index is 1.61. The third kappa shape index (κ3) is 3.00. The second-order valence-electron chi connectivity index (χ2n) is 8.24. The Morgan fingerprint density at radius 2 is 1.68 bits per heavy atom. The van der Waals surface area contributed by atoms with Crippen molar-refractivity contribution in [1.29, 1.82) is 0 Å². The summed E-state index contributed by atoms with van der Waals surface area (Å²) in [6.45, 7) is 3.85. The number of benzene rings is 1. The maximum atomic E-state index is 13.2. The third-order valence-electron chi connectivity index (χ3n) is 6.64. The van der Waals surface area contributed by atoms with E-state index in [1.165, 1.54) is 0 Å². The number of ether oxygens (including phenoxy) is 1. The Morgan fingerprint density at radius 3 is 2.28 bits per heavy atom. The number of carbonyl (C=O) groups excluding carboxylic acids is 1. The van der Waals surface area contributed by atoms with Crippen LogP contribution in [0.3, 0.4) is 0 Å². The molecule has 0 spiro atoms. The molecule has 25 heavy (non-hydrogen) atoms. The second-order valence-corrected chi connectivity index (χ2v) is 8.24. The van der Waals surface area contributed by atoms with Gasteiger partial charge in [-0.15, -0.1) is 0 Å². The molecule has 4 nitrogen and oxygen atoms in total. The van der Waals surface area contributed by atoms with Crippen LogP contribution in [0.15, 0.2) is 24.3 Å². The lowest BCUT2D eigenvalue weighted by atomic mass is 9.79. The molecular weight excluding hydrogens is 314 g/mol. The first-order valence-corrected chi connectivity index (χ1v) is 9.80. The van der Waals surface area contributed by atoms with Crippen LogP contribution < -0.4 is 5.32 Å². The smallest absolute Gasteiger partial charge is 0.343 e. The number of rotatable bonds is 4. The van der Waals surface area contributed by atoms with Crippen LogP contribution >= 0.6 is 0 Å². The van der Waals surface area contributed by atoms with Gasteiger partial charge in [0.25, 0.3) is 0 Å². The van der Waals surface area contributed by atoms with E-state index in [2.05, 4.69) is 5.32 Å². The molecule has 0 radical (unpaired) electrons. The zero-order valence-electron chi connectivity index (χ0n) is 15.0. The summed E-state index contributed by atoms with van der Waals surface area (Å²) < 4.78 is 6.01. The van der Waals surface area contributed by atoms with Gasteiger partial charge >= 0.3 is 5.97 Å². The van der Waals surface area contributed by atoms with Crippen molar-refractivity contribution >= 4 is 5.97 Å². The molecule has 4 rings (SSSR count). The van der Waals surface area contributed by atoms with E-state index in [1.54, 1.807) is 0 Å². The average Bonchev–Trinajstić information content (AvgIpc) is 3.21. The summed E-state index contributed by atoms with van der Waals surface area (Å²) in [6, 6.07) is 7.73. The Kier molecular flexibility index (Phi) is 4.59. The fourth-order valence-electron chi connectivity index (χ4n) is 5.11. The quantitative estimate of drug-likeness (QED) is 0.826. The normalized spacial score (nSPS) is 31.7. The van der Waals surface area contributed by atoms with Crippen molar-refractivity contribution in [2.75, 3.05) is 13.1 Å². The van der Waals surface area contributed by atoms with E-state index in [1.807, 2.05) is 31.2 Å². The SMILES string of the molecule is Cc1ccc(C(O)(C(=O)OC2C3CCC2CNC3)C2CCCC2)cc1. The highest BCUT2D eigenvalue weighted by Crippen LogP contribution is 2.43. The Morgan fingerprint density at radius 1 is 1.08 bits per heavy atom. The molecule has 1 saturated heterocycles. The lowest BCUT2D eigenvalue weighted by Gasteiger charge is -2.37. The molecule has 3 fully saturated rings. The van der Waals surface area contributed by atoms with E-state index in [-0.39, 0.29) is 12.0 Å². The zero-order chi connectivity index (χ0) is 17.4. The van der Waals surface area contributed by atoms with E-state index in [0.29, 0.717) is 17.4 Å². The van der Waals surface area contributed by atoms with Crippen LogP contribution in [0.2, 0.25) is 0 Å². The van der Waals surface area contributed by atoms with Crippen LogP contribution in [0, 0.1) is 24.7 Å². The highest BCUT2D eigenvalue weighted by molar-refractivity contribution is 5.82. The molecule has 136 valence electrons. The minimum atomic E-state index is -1.51. The maximum Gasteiger partial charge on any atom is 0.343 e. The first kappa shape index (κ1) is 17.0. The molecule has 1 aliphatic heterocycles. The molecule has 1 heterocycles. The van der Waals surface area contributed by atoms with Gasteiger partial charge in [0.1, 0.15) is 6.10 Å². The molecule has 2 N–H and O–H groups in total. The molecule has 1 aromatic carbocycles. The molecule has 1 aromatic rings. The number of hydrogen-bond donors (Lipinski definition) is 2. The Labute approximate surface area is 150 Å². The summed E-state index contributed by atoms with van der Waals surface area (Å²) in [5.41, 5.74) is 0.313. The fourth-order valence-corrected chi connectivity index (χ4v) is 5.11. The summed E-state index contributed by atoms with van der Waals surface area (Å²) in [5.74, 6) is 0.330. The molecule has 2 aliphatic carbocycles. The van der Waals surface area contributed by atoms with Gasteiger partial charge in [-0.1, -0.05) is 42.7 Å². The topological polar surface area (TPSA) is 58.6 Å². The van der Waals surface area contributed by atoms with Crippen molar-refractivity contribution in [3.8, 4) is 0 Å². The number of piperidine rings is 1. The lowest BCUT2D eigenvalue weighted by molar-refractivity contribution is -0.184. The van der Waals surface area contributed by atoms with Crippen LogP contribution in [-0.4, -0.2) is 30.3 Å². The van der Waals surface area contributed by atoms with Crippen molar-refractivity contribution in [2.24, 2.45) is 17.8 Å². The highest BCUT2D eigenvalue weighted by Gasteiger charge is 2.51. The minimum absolute atomic E-state index is 0.0351. The first-order valence-electron chi connectivity index (χ1n) is 9.80. The van der Waals surface area contributed by atoms with E-state index in [0.717, 1.165) is 57.2 Å². The van der Waals surface area contributed by atoms with E-state index < -0.39 is 11.6 Å².